The van der Waals surface area contributed by atoms with E-state index in [4.69, 9.17) is 4.74 Å². The molecular weight excluding hydrogens is 252 g/mol. The number of ether oxygens (including phenoxy) is 1. The Bertz CT molecular complexity index is 419. The molecule has 1 rings (SSSR count). The monoisotopic (exact) mass is 278 g/mol. The third-order valence-electron chi connectivity index (χ3n) is 3.10. The van der Waals surface area contributed by atoms with Crippen molar-refractivity contribution >= 4 is 11.6 Å². The summed E-state index contributed by atoms with van der Waals surface area (Å²) >= 11 is 0. The van der Waals surface area contributed by atoms with Gasteiger partial charge < -0.3 is 15.4 Å². The summed E-state index contributed by atoms with van der Waals surface area (Å²) in [7, 11) is 1.71. The number of unbranched alkanes of at least 4 members (excludes halogenated alkanes) is 2. The summed E-state index contributed by atoms with van der Waals surface area (Å²) < 4.78 is 5.00. The number of hydrogen-bond donors (Lipinski definition) is 2. The van der Waals surface area contributed by atoms with E-state index in [0.717, 1.165) is 49.2 Å². The van der Waals surface area contributed by atoms with Crippen LogP contribution in [0.1, 0.15) is 42.1 Å². The molecule has 4 heteroatoms. The number of nitrogens with one attached hydrogen (secondary N) is 2. The molecule has 0 saturated carbocycles. The van der Waals surface area contributed by atoms with Gasteiger partial charge in [-0.1, -0.05) is 11.6 Å². The van der Waals surface area contributed by atoms with E-state index in [0.29, 0.717) is 6.54 Å². The molecule has 0 radical (unpaired) electrons. The number of benzene rings is 1. The van der Waals surface area contributed by atoms with Crippen molar-refractivity contribution in [2.45, 2.75) is 33.1 Å². The maximum Gasteiger partial charge on any atom is 0.253 e. The minimum absolute atomic E-state index is 0.00334. The van der Waals surface area contributed by atoms with Crippen LogP contribution in [0, 0.1) is 6.92 Å². The van der Waals surface area contributed by atoms with Gasteiger partial charge in [0.25, 0.3) is 5.91 Å². The highest BCUT2D eigenvalue weighted by Crippen LogP contribution is 2.17. The first-order chi connectivity index (χ1) is 9.69. The van der Waals surface area contributed by atoms with Gasteiger partial charge in [0.2, 0.25) is 0 Å². The first-order valence-electron chi connectivity index (χ1n) is 7.30. The van der Waals surface area contributed by atoms with Crippen LogP contribution in [-0.4, -0.2) is 32.7 Å². The Kier molecular flexibility index (Phi) is 7.73. The lowest BCUT2D eigenvalue weighted by Gasteiger charge is -2.12. The molecule has 0 heterocycles. The Morgan fingerprint density at radius 3 is 2.75 bits per heavy atom. The van der Waals surface area contributed by atoms with Gasteiger partial charge in [-0.05, 0) is 45.2 Å². The van der Waals surface area contributed by atoms with Crippen molar-refractivity contribution in [2.24, 2.45) is 0 Å². The van der Waals surface area contributed by atoms with Crippen LogP contribution in [0.2, 0.25) is 0 Å². The molecule has 4 nitrogen and oxygen atoms in total. The maximum absolute atomic E-state index is 12.2. The standard InChI is InChI=1S/C16H26N2O2/c1-4-17-15-9-8-13(2)12-14(15)16(19)18-10-6-5-7-11-20-3/h8-9,12,17H,4-7,10-11H2,1-3H3,(H,18,19). The molecule has 112 valence electrons. The molecule has 0 bridgehead atoms. The number of anilines is 1. The SMILES string of the molecule is CCNc1ccc(C)cc1C(=O)NCCCCCOC. The van der Waals surface area contributed by atoms with Crippen molar-refractivity contribution in [3.05, 3.63) is 29.3 Å². The molecule has 0 spiro atoms. The zero-order valence-corrected chi connectivity index (χ0v) is 12.8. The molecule has 0 aliphatic heterocycles. The molecule has 0 atom stereocenters. The van der Waals surface area contributed by atoms with E-state index in [9.17, 15) is 4.79 Å². The topological polar surface area (TPSA) is 50.4 Å². The second kappa shape index (κ2) is 9.37. The number of aryl methyl sites for hydroxylation is 1. The molecule has 0 aliphatic rings. The van der Waals surface area contributed by atoms with Crippen molar-refractivity contribution in [2.75, 3.05) is 32.1 Å². The van der Waals surface area contributed by atoms with E-state index >= 15 is 0 Å². The molecule has 2 N–H and O–H groups in total. The molecule has 0 saturated heterocycles. The van der Waals surface area contributed by atoms with Gasteiger partial charge >= 0.3 is 0 Å². The molecule has 0 fully saturated rings. The fourth-order valence-corrected chi connectivity index (χ4v) is 2.04. The van der Waals surface area contributed by atoms with Gasteiger partial charge in [0, 0.05) is 32.5 Å². The summed E-state index contributed by atoms with van der Waals surface area (Å²) in [6.45, 7) is 6.33. The van der Waals surface area contributed by atoms with Crippen LogP contribution < -0.4 is 10.6 Å². The molecular formula is C16H26N2O2. The zero-order chi connectivity index (χ0) is 14.8. The van der Waals surface area contributed by atoms with Crippen LogP contribution in [0.3, 0.4) is 0 Å². The largest absolute Gasteiger partial charge is 0.385 e. The second-order valence-electron chi connectivity index (χ2n) is 4.89. The number of carbonyl (C=O) groups excluding carboxylic acids is 1. The third kappa shape index (κ3) is 5.61. The number of methoxy groups -OCH3 is 1. The van der Waals surface area contributed by atoms with Crippen LogP contribution in [-0.2, 0) is 4.74 Å². The van der Waals surface area contributed by atoms with Crippen molar-refractivity contribution in [1.29, 1.82) is 0 Å². The molecule has 1 aromatic carbocycles. The average molecular weight is 278 g/mol. The van der Waals surface area contributed by atoms with Crippen LogP contribution in [0.25, 0.3) is 0 Å². The molecule has 0 unspecified atom stereocenters. The van der Waals surface area contributed by atoms with Crippen LogP contribution >= 0.6 is 0 Å². The summed E-state index contributed by atoms with van der Waals surface area (Å²) in [5, 5.41) is 6.21. The Balaban J connectivity index is 2.47. The molecule has 20 heavy (non-hydrogen) atoms. The minimum Gasteiger partial charge on any atom is -0.385 e. The number of carbonyl (C=O) groups is 1. The maximum atomic E-state index is 12.2. The average Bonchev–Trinajstić information content (AvgIpc) is 2.44. The van der Waals surface area contributed by atoms with Crippen molar-refractivity contribution < 1.29 is 9.53 Å². The molecule has 0 aliphatic carbocycles. The Hall–Kier alpha value is -1.55. The molecule has 0 aromatic heterocycles. The Morgan fingerprint density at radius 1 is 1.25 bits per heavy atom. The van der Waals surface area contributed by atoms with Crippen LogP contribution in [0.15, 0.2) is 18.2 Å². The molecule has 1 aromatic rings. The van der Waals surface area contributed by atoms with Gasteiger partial charge in [-0.3, -0.25) is 4.79 Å². The highest BCUT2D eigenvalue weighted by Gasteiger charge is 2.10. The minimum atomic E-state index is -0.00334. The normalized spacial score (nSPS) is 10.3. The van der Waals surface area contributed by atoms with Gasteiger partial charge in [0.15, 0.2) is 0 Å². The van der Waals surface area contributed by atoms with Gasteiger partial charge in [0.1, 0.15) is 0 Å². The van der Waals surface area contributed by atoms with E-state index in [-0.39, 0.29) is 5.91 Å². The first-order valence-corrected chi connectivity index (χ1v) is 7.30. The summed E-state index contributed by atoms with van der Waals surface area (Å²) in [6.07, 6.45) is 3.10. The smallest absolute Gasteiger partial charge is 0.253 e. The van der Waals surface area contributed by atoms with E-state index in [1.165, 1.54) is 0 Å². The lowest BCUT2D eigenvalue weighted by atomic mass is 10.1. The quantitative estimate of drug-likeness (QED) is 0.683. The lowest BCUT2D eigenvalue weighted by Crippen LogP contribution is -2.25. The second-order valence-corrected chi connectivity index (χ2v) is 4.89. The van der Waals surface area contributed by atoms with E-state index in [1.807, 2.05) is 32.0 Å². The fraction of sp³-hybridized carbons (Fsp3) is 0.562. The Morgan fingerprint density at radius 2 is 2.05 bits per heavy atom. The number of amides is 1. The summed E-state index contributed by atoms with van der Waals surface area (Å²) in [6, 6.07) is 5.91. The summed E-state index contributed by atoms with van der Waals surface area (Å²) in [5.41, 5.74) is 2.72. The lowest BCUT2D eigenvalue weighted by molar-refractivity contribution is 0.0953. The van der Waals surface area contributed by atoms with Gasteiger partial charge in [-0.25, -0.2) is 0 Å². The van der Waals surface area contributed by atoms with E-state index < -0.39 is 0 Å². The Labute approximate surface area is 121 Å². The predicted molar refractivity (Wildman–Crippen MR) is 83.4 cm³/mol. The predicted octanol–water partition coefficient (Wildman–Crippen LogP) is 2.97. The van der Waals surface area contributed by atoms with Crippen molar-refractivity contribution in [3.63, 3.8) is 0 Å². The zero-order valence-electron chi connectivity index (χ0n) is 12.8. The van der Waals surface area contributed by atoms with Crippen molar-refractivity contribution in [3.8, 4) is 0 Å². The van der Waals surface area contributed by atoms with Gasteiger partial charge in [-0.2, -0.15) is 0 Å². The number of hydrogen-bond acceptors (Lipinski definition) is 3. The van der Waals surface area contributed by atoms with E-state index in [1.54, 1.807) is 7.11 Å². The fourth-order valence-electron chi connectivity index (χ4n) is 2.04. The highest BCUT2D eigenvalue weighted by molar-refractivity contribution is 5.99. The van der Waals surface area contributed by atoms with Crippen molar-refractivity contribution in [1.82, 2.24) is 5.32 Å². The van der Waals surface area contributed by atoms with Gasteiger partial charge in [-0.15, -0.1) is 0 Å². The molecule has 1 amide bonds. The van der Waals surface area contributed by atoms with Crippen LogP contribution in [0.4, 0.5) is 5.69 Å². The first kappa shape index (κ1) is 16.5. The van der Waals surface area contributed by atoms with Crippen LogP contribution in [0.5, 0.6) is 0 Å². The van der Waals surface area contributed by atoms with Gasteiger partial charge in [0.05, 0.1) is 5.56 Å². The summed E-state index contributed by atoms with van der Waals surface area (Å²) in [5.74, 6) is -0.00334. The number of rotatable bonds is 9. The van der Waals surface area contributed by atoms with E-state index in [2.05, 4.69) is 10.6 Å². The highest BCUT2D eigenvalue weighted by atomic mass is 16.5. The third-order valence-corrected chi connectivity index (χ3v) is 3.10. The summed E-state index contributed by atoms with van der Waals surface area (Å²) in [4.78, 5) is 12.2.